The number of ether oxygens (including phenoxy) is 7. The minimum Gasteiger partial charge on any atom is -0.466 e. The molecule has 0 aromatic rings. The molecular weight excluding hydrogens is 452 g/mol. The van der Waals surface area contributed by atoms with Crippen molar-refractivity contribution in [3.63, 3.8) is 0 Å². The Kier molecular flexibility index (Phi) is 4.98. The van der Waals surface area contributed by atoms with Crippen LogP contribution in [0.2, 0.25) is 0 Å². The number of hydrogen-bond donors (Lipinski definition) is 0. The molecule has 4 heterocycles. The lowest BCUT2D eigenvalue weighted by Gasteiger charge is -2.33. The van der Waals surface area contributed by atoms with Gasteiger partial charge in [-0.25, -0.2) is 14.4 Å². The maximum absolute atomic E-state index is 13.1. The summed E-state index contributed by atoms with van der Waals surface area (Å²) in [5, 5.41) is 0. The summed E-state index contributed by atoms with van der Waals surface area (Å²) in [6, 6.07) is 0. The van der Waals surface area contributed by atoms with Gasteiger partial charge in [0.15, 0.2) is 17.8 Å². The van der Waals surface area contributed by atoms with Crippen molar-refractivity contribution in [3.05, 3.63) is 23.8 Å². The Hall–Kier alpha value is -2.76. The van der Waals surface area contributed by atoms with Gasteiger partial charge in [0, 0.05) is 12.5 Å². The topological polar surface area (TPSA) is 143 Å². The minimum absolute atomic E-state index is 0.00535. The number of fused-ring (bicyclic) bond motifs is 5. The van der Waals surface area contributed by atoms with E-state index in [2.05, 4.69) is 6.58 Å². The largest absolute Gasteiger partial charge is 0.466 e. The molecule has 5 aliphatic rings. The lowest BCUT2D eigenvalue weighted by atomic mass is 9.80. The van der Waals surface area contributed by atoms with Gasteiger partial charge in [-0.05, 0) is 26.8 Å². The number of methoxy groups -OCH3 is 1. The van der Waals surface area contributed by atoms with Crippen molar-refractivity contribution >= 4 is 23.9 Å². The van der Waals surface area contributed by atoms with Crippen molar-refractivity contribution < 1.29 is 52.3 Å². The molecule has 11 heteroatoms. The fraction of sp³-hybridized carbons (Fsp3) is 0.652. The number of carbonyl (C=O) groups excluding carboxylic acids is 4. The van der Waals surface area contributed by atoms with Gasteiger partial charge in [-0.2, -0.15) is 0 Å². The SMILES string of the molecule is C=C1C(=O)O[C@H]2[C@H]1[C@H](OC(=O)[C@]1(C)O[C@@H]1C)[C@@H](OC(C)=O)/C(C(=O)OC)=C\[C@H]1O[C@@H]1[C@@]1(C)O[C@@H]21. The second kappa shape index (κ2) is 7.37. The summed E-state index contributed by atoms with van der Waals surface area (Å²) in [5.41, 5.74) is -2.10. The predicted molar refractivity (Wildman–Crippen MR) is 109 cm³/mol. The highest BCUT2D eigenvalue weighted by Crippen LogP contribution is 2.56. The molecule has 4 aliphatic heterocycles. The van der Waals surface area contributed by atoms with Crippen molar-refractivity contribution in [2.45, 2.75) is 81.6 Å². The highest BCUT2D eigenvalue weighted by Gasteiger charge is 2.73. The summed E-state index contributed by atoms with van der Waals surface area (Å²) in [4.78, 5) is 50.7. The van der Waals surface area contributed by atoms with Crippen molar-refractivity contribution in [2.24, 2.45) is 5.92 Å². The Morgan fingerprint density at radius 2 is 1.79 bits per heavy atom. The zero-order valence-corrected chi connectivity index (χ0v) is 19.4. The van der Waals surface area contributed by atoms with Crippen LogP contribution in [-0.4, -0.2) is 84.9 Å². The summed E-state index contributed by atoms with van der Waals surface area (Å²) >= 11 is 0. The molecule has 34 heavy (non-hydrogen) atoms. The molecule has 10 atom stereocenters. The zero-order valence-electron chi connectivity index (χ0n) is 19.4. The van der Waals surface area contributed by atoms with Gasteiger partial charge >= 0.3 is 23.9 Å². The van der Waals surface area contributed by atoms with Gasteiger partial charge in [0.25, 0.3) is 0 Å². The van der Waals surface area contributed by atoms with Crippen molar-refractivity contribution in [1.82, 2.24) is 0 Å². The maximum Gasteiger partial charge on any atom is 0.341 e. The molecule has 0 unspecified atom stereocenters. The molecule has 0 aromatic carbocycles. The molecule has 4 saturated heterocycles. The van der Waals surface area contributed by atoms with Gasteiger partial charge in [-0.3, -0.25) is 4.79 Å². The lowest BCUT2D eigenvalue weighted by molar-refractivity contribution is -0.175. The Morgan fingerprint density at radius 3 is 2.38 bits per heavy atom. The maximum atomic E-state index is 13.1. The summed E-state index contributed by atoms with van der Waals surface area (Å²) in [6.07, 6.45) is -4.16. The summed E-state index contributed by atoms with van der Waals surface area (Å²) < 4.78 is 39.0. The van der Waals surface area contributed by atoms with Crippen LogP contribution < -0.4 is 0 Å². The number of hydrogen-bond acceptors (Lipinski definition) is 11. The van der Waals surface area contributed by atoms with Crippen LogP contribution in [-0.2, 0) is 52.3 Å². The van der Waals surface area contributed by atoms with E-state index in [9.17, 15) is 19.2 Å². The zero-order chi connectivity index (χ0) is 24.7. The Balaban J connectivity index is 1.63. The van der Waals surface area contributed by atoms with Crippen LogP contribution in [0.1, 0.15) is 27.7 Å². The van der Waals surface area contributed by atoms with Gasteiger partial charge in [0.1, 0.15) is 30.0 Å². The first-order chi connectivity index (χ1) is 15.9. The minimum atomic E-state index is -1.43. The molecule has 11 nitrogen and oxygen atoms in total. The molecule has 0 amide bonds. The van der Waals surface area contributed by atoms with Gasteiger partial charge in [-0.15, -0.1) is 0 Å². The molecule has 0 radical (unpaired) electrons. The first-order valence-corrected chi connectivity index (χ1v) is 11.0. The van der Waals surface area contributed by atoms with E-state index in [1.165, 1.54) is 13.2 Å². The molecular formula is C23H26O11. The van der Waals surface area contributed by atoms with Crippen molar-refractivity contribution in [2.75, 3.05) is 7.11 Å². The molecule has 5 rings (SSSR count). The quantitative estimate of drug-likeness (QED) is 0.236. The van der Waals surface area contributed by atoms with Crippen LogP contribution in [0.5, 0.6) is 0 Å². The third-order valence-electron chi connectivity index (χ3n) is 7.34. The first-order valence-electron chi connectivity index (χ1n) is 11.0. The van der Waals surface area contributed by atoms with Crippen LogP contribution in [0, 0.1) is 5.92 Å². The third kappa shape index (κ3) is 3.37. The highest BCUT2D eigenvalue weighted by molar-refractivity contribution is 5.93. The standard InChI is InChI=1S/C23H26O11/c1-8-13-15(32-21(27)22(4)9(2)33-22)14(29-10(3)24)11(20(26)28-6)7-12-17(30-12)23(5)18(34-23)16(13)31-19(8)25/h7,9,12-18H,1H2,2-6H3/b11-7+/t9-,12-,13-,14+,15+,16+,17+,18+,22-,23-/m1/s1. The molecule has 0 bridgehead atoms. The molecule has 0 N–H and O–H groups in total. The van der Waals surface area contributed by atoms with Crippen molar-refractivity contribution in [1.29, 1.82) is 0 Å². The van der Waals surface area contributed by atoms with E-state index in [4.69, 9.17) is 33.2 Å². The van der Waals surface area contributed by atoms with E-state index in [1.54, 1.807) is 13.8 Å². The fourth-order valence-electron chi connectivity index (χ4n) is 4.99. The van der Waals surface area contributed by atoms with E-state index in [1.807, 2.05) is 6.92 Å². The smallest absolute Gasteiger partial charge is 0.341 e. The van der Waals surface area contributed by atoms with E-state index in [0.717, 1.165) is 6.92 Å². The fourth-order valence-corrected chi connectivity index (χ4v) is 4.99. The van der Waals surface area contributed by atoms with Gasteiger partial charge in [0.2, 0.25) is 0 Å². The van der Waals surface area contributed by atoms with Crippen molar-refractivity contribution in [3.8, 4) is 0 Å². The van der Waals surface area contributed by atoms with Crippen LogP contribution >= 0.6 is 0 Å². The summed E-state index contributed by atoms with van der Waals surface area (Å²) in [6.45, 7) is 10.1. The molecule has 1 aliphatic carbocycles. The number of epoxide rings is 3. The van der Waals surface area contributed by atoms with Crippen LogP contribution in [0.4, 0.5) is 0 Å². The van der Waals surface area contributed by atoms with E-state index in [-0.39, 0.29) is 11.1 Å². The highest BCUT2D eigenvalue weighted by atomic mass is 16.7. The second-order valence-electron chi connectivity index (χ2n) is 9.55. The molecule has 184 valence electrons. The first kappa shape index (κ1) is 23.0. The molecule has 0 aromatic heterocycles. The summed E-state index contributed by atoms with van der Waals surface area (Å²) in [5.74, 6) is -3.97. The third-order valence-corrected chi connectivity index (χ3v) is 7.34. The number of rotatable bonds is 4. The van der Waals surface area contributed by atoms with Crippen LogP contribution in [0.25, 0.3) is 0 Å². The van der Waals surface area contributed by atoms with E-state index in [0.29, 0.717) is 0 Å². The average molecular weight is 478 g/mol. The lowest BCUT2D eigenvalue weighted by Crippen LogP contribution is -2.50. The number of esters is 4. The Labute approximate surface area is 195 Å². The van der Waals surface area contributed by atoms with E-state index < -0.39 is 83.7 Å². The van der Waals surface area contributed by atoms with E-state index >= 15 is 0 Å². The van der Waals surface area contributed by atoms with Gasteiger partial charge in [-0.1, -0.05) is 6.58 Å². The summed E-state index contributed by atoms with van der Waals surface area (Å²) in [7, 11) is 1.17. The predicted octanol–water partition coefficient (Wildman–Crippen LogP) is 0.143. The number of carbonyl (C=O) groups is 4. The van der Waals surface area contributed by atoms with Gasteiger partial charge < -0.3 is 33.2 Å². The molecule has 0 spiro atoms. The van der Waals surface area contributed by atoms with Gasteiger partial charge in [0.05, 0.1) is 24.7 Å². The van der Waals surface area contributed by atoms with Crippen LogP contribution in [0.3, 0.4) is 0 Å². The monoisotopic (exact) mass is 478 g/mol. The van der Waals surface area contributed by atoms with Crippen LogP contribution in [0.15, 0.2) is 23.8 Å². The normalized spacial score (nSPS) is 47.5. The Bertz CT molecular complexity index is 1030. The Morgan fingerprint density at radius 1 is 1.12 bits per heavy atom. The molecule has 0 saturated carbocycles. The molecule has 4 fully saturated rings. The average Bonchev–Trinajstić information content (AvgIpc) is 3.71. The second-order valence-corrected chi connectivity index (χ2v) is 9.55.